The zero-order valence-electron chi connectivity index (χ0n) is 8.21. The van der Waals surface area contributed by atoms with Crippen LogP contribution in [0.15, 0.2) is 29.1 Å². The average Bonchev–Trinajstić information content (AvgIpc) is 2.20. The largest absolute Gasteiger partial charge is 0.378 e. The first kappa shape index (κ1) is 9.86. The number of nitrogens with one attached hydrogen (secondary N) is 1. The molecule has 1 aromatic carbocycles. The lowest BCUT2D eigenvalue weighted by molar-refractivity contribution is 0.181. The summed E-state index contributed by atoms with van der Waals surface area (Å²) in [6, 6.07) is 5.84. The summed E-state index contributed by atoms with van der Waals surface area (Å²) in [5.74, 6) is -0.428. The van der Waals surface area contributed by atoms with Gasteiger partial charge >= 0.3 is 0 Å². The Kier molecular flexibility index (Phi) is 2.51. The average molecular weight is 207 g/mol. The maximum absolute atomic E-state index is 13.4. The maximum Gasteiger partial charge on any atom is 0.189 e. The molecule has 2 aromatic rings. The number of aromatic nitrogens is 1. The van der Waals surface area contributed by atoms with Gasteiger partial charge in [-0.25, -0.2) is 4.39 Å². The van der Waals surface area contributed by atoms with E-state index >= 15 is 0 Å². The first-order valence-corrected chi connectivity index (χ1v) is 4.51. The van der Waals surface area contributed by atoms with Crippen LogP contribution in [0.25, 0.3) is 10.9 Å². The molecule has 2 rings (SSSR count). The molecular weight excluding hydrogens is 197 g/mol. The van der Waals surface area contributed by atoms with Crippen LogP contribution in [0.4, 0.5) is 4.39 Å². The first-order valence-electron chi connectivity index (χ1n) is 4.51. The number of hydrogen-bond acceptors (Lipinski definition) is 2. The van der Waals surface area contributed by atoms with Gasteiger partial charge in [0.1, 0.15) is 5.82 Å². The van der Waals surface area contributed by atoms with E-state index in [2.05, 4.69) is 4.98 Å². The van der Waals surface area contributed by atoms with E-state index in [1.807, 2.05) is 0 Å². The van der Waals surface area contributed by atoms with E-state index in [0.717, 1.165) is 0 Å². The van der Waals surface area contributed by atoms with E-state index in [1.165, 1.54) is 25.3 Å². The van der Waals surface area contributed by atoms with E-state index in [0.29, 0.717) is 11.1 Å². The number of para-hydroxylation sites is 1. The molecule has 0 aliphatic carbocycles. The van der Waals surface area contributed by atoms with E-state index in [9.17, 15) is 9.18 Å². The van der Waals surface area contributed by atoms with Crippen molar-refractivity contribution in [2.45, 2.75) is 6.61 Å². The molecular formula is C11H10FNO2. The molecule has 0 amide bonds. The number of hydrogen-bond donors (Lipinski definition) is 1. The lowest BCUT2D eigenvalue weighted by Gasteiger charge is -2.03. The van der Waals surface area contributed by atoms with Crippen molar-refractivity contribution < 1.29 is 9.13 Å². The van der Waals surface area contributed by atoms with Gasteiger partial charge in [0.25, 0.3) is 0 Å². The van der Waals surface area contributed by atoms with Crippen LogP contribution < -0.4 is 5.43 Å². The number of methoxy groups -OCH3 is 1. The van der Waals surface area contributed by atoms with Crippen molar-refractivity contribution in [1.82, 2.24) is 4.98 Å². The number of fused-ring (bicyclic) bond motifs is 1. The molecule has 0 aliphatic rings. The molecule has 0 bridgehead atoms. The van der Waals surface area contributed by atoms with Gasteiger partial charge in [0.15, 0.2) is 5.43 Å². The lowest BCUT2D eigenvalue weighted by atomic mass is 10.2. The molecule has 15 heavy (non-hydrogen) atoms. The summed E-state index contributed by atoms with van der Waals surface area (Å²) in [7, 11) is 1.52. The third-order valence-corrected chi connectivity index (χ3v) is 2.17. The molecule has 0 atom stereocenters. The molecule has 1 N–H and O–H groups in total. The molecule has 0 unspecified atom stereocenters. The zero-order valence-corrected chi connectivity index (χ0v) is 8.21. The Balaban J connectivity index is 2.74. The zero-order chi connectivity index (χ0) is 10.8. The molecule has 1 aromatic heterocycles. The second-order valence-electron chi connectivity index (χ2n) is 3.25. The molecule has 0 spiro atoms. The summed E-state index contributed by atoms with van der Waals surface area (Å²) < 4.78 is 18.3. The van der Waals surface area contributed by atoms with Crippen molar-refractivity contribution in [3.63, 3.8) is 0 Å². The van der Waals surface area contributed by atoms with Crippen LogP contribution in [0.1, 0.15) is 5.69 Å². The smallest absolute Gasteiger partial charge is 0.189 e. The second kappa shape index (κ2) is 3.82. The number of benzene rings is 1. The fourth-order valence-corrected chi connectivity index (χ4v) is 1.52. The maximum atomic E-state index is 13.4. The van der Waals surface area contributed by atoms with Gasteiger partial charge < -0.3 is 9.72 Å². The molecule has 0 saturated carbocycles. The standard InChI is InChI=1S/C11H10FNO2/c1-15-6-7-5-10(14)8-3-2-4-9(12)11(8)13-7/h2-5H,6H2,1H3,(H,13,14). The molecule has 0 radical (unpaired) electrons. The number of aromatic amines is 1. The summed E-state index contributed by atoms with van der Waals surface area (Å²) in [5.41, 5.74) is 0.604. The number of halogens is 1. The van der Waals surface area contributed by atoms with Gasteiger partial charge in [-0.1, -0.05) is 6.07 Å². The highest BCUT2D eigenvalue weighted by Crippen LogP contribution is 2.12. The van der Waals surface area contributed by atoms with Gasteiger partial charge in [0.2, 0.25) is 0 Å². The van der Waals surface area contributed by atoms with E-state index in [1.54, 1.807) is 6.07 Å². The minimum absolute atomic E-state index is 0.199. The van der Waals surface area contributed by atoms with E-state index in [-0.39, 0.29) is 17.6 Å². The van der Waals surface area contributed by atoms with Crippen molar-refractivity contribution in [3.8, 4) is 0 Å². The monoisotopic (exact) mass is 207 g/mol. The topological polar surface area (TPSA) is 42.1 Å². The summed E-state index contributed by atoms with van der Waals surface area (Å²) in [6.07, 6.45) is 0. The van der Waals surface area contributed by atoms with Gasteiger partial charge in [0.05, 0.1) is 12.1 Å². The Hall–Kier alpha value is -1.68. The summed E-state index contributed by atoms with van der Waals surface area (Å²) in [6.45, 7) is 0.263. The van der Waals surface area contributed by atoms with Gasteiger partial charge in [0, 0.05) is 24.3 Å². The molecule has 78 valence electrons. The summed E-state index contributed by atoms with van der Waals surface area (Å²) >= 11 is 0. The highest BCUT2D eigenvalue weighted by molar-refractivity contribution is 5.78. The molecule has 0 saturated heterocycles. The molecule has 3 nitrogen and oxygen atoms in total. The van der Waals surface area contributed by atoms with Crippen LogP contribution in [-0.4, -0.2) is 12.1 Å². The third kappa shape index (κ3) is 1.76. The molecule has 4 heteroatoms. The van der Waals surface area contributed by atoms with Gasteiger partial charge in [-0.3, -0.25) is 4.79 Å². The highest BCUT2D eigenvalue weighted by Gasteiger charge is 2.05. The van der Waals surface area contributed by atoms with Crippen molar-refractivity contribution in [3.05, 3.63) is 46.0 Å². The molecule has 0 fully saturated rings. The van der Waals surface area contributed by atoms with Gasteiger partial charge in [-0.2, -0.15) is 0 Å². The van der Waals surface area contributed by atoms with Gasteiger partial charge in [-0.05, 0) is 12.1 Å². The molecule has 1 heterocycles. The van der Waals surface area contributed by atoms with Crippen LogP contribution in [0, 0.1) is 5.82 Å². The molecule has 0 aliphatic heterocycles. The minimum atomic E-state index is -0.428. The summed E-state index contributed by atoms with van der Waals surface area (Å²) in [4.78, 5) is 14.4. The Morgan fingerprint density at radius 3 is 3.00 bits per heavy atom. The van der Waals surface area contributed by atoms with Crippen LogP contribution in [-0.2, 0) is 11.3 Å². The predicted octanol–water partition coefficient (Wildman–Crippen LogP) is 1.81. The van der Waals surface area contributed by atoms with Crippen molar-refractivity contribution in [2.75, 3.05) is 7.11 Å². The van der Waals surface area contributed by atoms with Crippen LogP contribution in [0.5, 0.6) is 0 Å². The fourth-order valence-electron chi connectivity index (χ4n) is 1.52. The quantitative estimate of drug-likeness (QED) is 0.816. The Bertz CT molecular complexity index is 548. The number of ether oxygens (including phenoxy) is 1. The van der Waals surface area contributed by atoms with Crippen LogP contribution in [0.3, 0.4) is 0 Å². The van der Waals surface area contributed by atoms with Gasteiger partial charge in [-0.15, -0.1) is 0 Å². The lowest BCUT2D eigenvalue weighted by Crippen LogP contribution is -2.06. The fraction of sp³-hybridized carbons (Fsp3) is 0.182. The Morgan fingerprint density at radius 1 is 1.47 bits per heavy atom. The predicted molar refractivity (Wildman–Crippen MR) is 55.2 cm³/mol. The number of pyridine rings is 1. The van der Waals surface area contributed by atoms with E-state index < -0.39 is 5.82 Å². The third-order valence-electron chi connectivity index (χ3n) is 2.17. The number of rotatable bonds is 2. The second-order valence-corrected chi connectivity index (χ2v) is 3.25. The first-order chi connectivity index (χ1) is 7.22. The van der Waals surface area contributed by atoms with Crippen molar-refractivity contribution in [2.24, 2.45) is 0 Å². The summed E-state index contributed by atoms with van der Waals surface area (Å²) in [5, 5.41) is 0.356. The number of H-pyrrole nitrogens is 1. The SMILES string of the molecule is COCc1cc(=O)c2cccc(F)c2[nH]1. The van der Waals surface area contributed by atoms with Crippen LogP contribution >= 0.6 is 0 Å². The minimum Gasteiger partial charge on any atom is -0.378 e. The Labute approximate surface area is 85.5 Å². The van der Waals surface area contributed by atoms with E-state index in [4.69, 9.17) is 4.74 Å². The van der Waals surface area contributed by atoms with Crippen molar-refractivity contribution >= 4 is 10.9 Å². The highest BCUT2D eigenvalue weighted by atomic mass is 19.1. The van der Waals surface area contributed by atoms with Crippen LogP contribution in [0.2, 0.25) is 0 Å². The van der Waals surface area contributed by atoms with Crippen molar-refractivity contribution in [1.29, 1.82) is 0 Å². The normalized spacial score (nSPS) is 10.8. The Morgan fingerprint density at radius 2 is 2.27 bits per heavy atom.